The number of ether oxygens (including phenoxy) is 1. The Morgan fingerprint density at radius 2 is 2.27 bits per heavy atom. The standard InChI is InChI=1S/C10H11F2NO2/c11-10(12)3-8(10)6-15-9-2-1-7(5-14)4-13-9/h1-2,4,8,14H,3,5-6H2/t8-/m1/s1. The zero-order valence-corrected chi connectivity index (χ0v) is 7.99. The molecule has 1 atom stereocenters. The third-order valence-corrected chi connectivity index (χ3v) is 2.37. The van der Waals surface area contributed by atoms with Gasteiger partial charge in [-0.15, -0.1) is 0 Å². The molecule has 1 heterocycles. The fourth-order valence-electron chi connectivity index (χ4n) is 1.23. The van der Waals surface area contributed by atoms with Gasteiger partial charge in [0.25, 0.3) is 5.92 Å². The molecular formula is C10H11F2NO2. The van der Waals surface area contributed by atoms with Gasteiger partial charge in [-0.1, -0.05) is 0 Å². The monoisotopic (exact) mass is 215 g/mol. The third-order valence-electron chi connectivity index (χ3n) is 2.37. The van der Waals surface area contributed by atoms with Crippen molar-refractivity contribution in [2.45, 2.75) is 19.0 Å². The molecule has 1 aromatic heterocycles. The van der Waals surface area contributed by atoms with Crippen LogP contribution in [0.4, 0.5) is 8.78 Å². The third kappa shape index (κ3) is 2.41. The van der Waals surface area contributed by atoms with E-state index in [1.54, 1.807) is 12.1 Å². The summed E-state index contributed by atoms with van der Waals surface area (Å²) in [5, 5.41) is 8.75. The van der Waals surface area contributed by atoms with Gasteiger partial charge >= 0.3 is 0 Å². The van der Waals surface area contributed by atoms with Crippen LogP contribution in [0.5, 0.6) is 5.88 Å². The summed E-state index contributed by atoms with van der Waals surface area (Å²) >= 11 is 0. The van der Waals surface area contributed by atoms with Crippen molar-refractivity contribution >= 4 is 0 Å². The second kappa shape index (κ2) is 3.73. The van der Waals surface area contributed by atoms with E-state index in [0.29, 0.717) is 11.4 Å². The molecule has 2 rings (SSSR count). The fraction of sp³-hybridized carbons (Fsp3) is 0.500. The highest BCUT2D eigenvalue weighted by atomic mass is 19.3. The molecule has 0 unspecified atom stereocenters. The molecular weight excluding hydrogens is 204 g/mol. The Hall–Kier alpha value is -1.23. The van der Waals surface area contributed by atoms with Crippen molar-refractivity contribution in [3.8, 4) is 5.88 Å². The van der Waals surface area contributed by atoms with Gasteiger partial charge in [0.15, 0.2) is 0 Å². The van der Waals surface area contributed by atoms with E-state index >= 15 is 0 Å². The number of aliphatic hydroxyl groups is 1. The van der Waals surface area contributed by atoms with Crippen molar-refractivity contribution in [3.05, 3.63) is 23.9 Å². The normalized spacial score (nSPS) is 22.5. The van der Waals surface area contributed by atoms with Gasteiger partial charge in [-0.25, -0.2) is 13.8 Å². The lowest BCUT2D eigenvalue weighted by Crippen LogP contribution is -2.06. The summed E-state index contributed by atoms with van der Waals surface area (Å²) < 4.78 is 30.1. The summed E-state index contributed by atoms with van der Waals surface area (Å²) in [5.41, 5.74) is 0.666. The van der Waals surface area contributed by atoms with Crippen LogP contribution in [-0.2, 0) is 6.61 Å². The lowest BCUT2D eigenvalue weighted by atomic mass is 10.3. The lowest BCUT2D eigenvalue weighted by molar-refractivity contribution is 0.0849. The van der Waals surface area contributed by atoms with Crippen LogP contribution < -0.4 is 4.74 Å². The molecule has 3 nitrogen and oxygen atoms in total. The molecule has 0 radical (unpaired) electrons. The Bertz CT molecular complexity index is 340. The molecule has 1 saturated carbocycles. The van der Waals surface area contributed by atoms with Crippen molar-refractivity contribution < 1.29 is 18.6 Å². The number of aliphatic hydroxyl groups excluding tert-OH is 1. The van der Waals surface area contributed by atoms with Gasteiger partial charge in [-0.2, -0.15) is 0 Å². The topological polar surface area (TPSA) is 42.4 Å². The Kier molecular flexibility index (Phi) is 2.56. The van der Waals surface area contributed by atoms with E-state index in [1.165, 1.54) is 6.20 Å². The molecule has 1 fully saturated rings. The van der Waals surface area contributed by atoms with E-state index in [-0.39, 0.29) is 19.6 Å². The minimum absolute atomic E-state index is 0.00152. The Morgan fingerprint density at radius 1 is 1.53 bits per heavy atom. The molecule has 82 valence electrons. The molecule has 15 heavy (non-hydrogen) atoms. The quantitative estimate of drug-likeness (QED) is 0.829. The van der Waals surface area contributed by atoms with Gasteiger partial charge < -0.3 is 9.84 Å². The Labute approximate surface area is 85.7 Å². The van der Waals surface area contributed by atoms with Crippen LogP contribution in [0.15, 0.2) is 18.3 Å². The molecule has 0 aliphatic heterocycles. The van der Waals surface area contributed by atoms with Crippen molar-refractivity contribution in [1.29, 1.82) is 0 Å². The molecule has 1 aliphatic carbocycles. The molecule has 1 aliphatic rings. The summed E-state index contributed by atoms with van der Waals surface area (Å²) in [5.74, 6) is -2.91. The second-order valence-electron chi connectivity index (χ2n) is 3.64. The van der Waals surface area contributed by atoms with Crippen molar-refractivity contribution in [2.75, 3.05) is 6.61 Å². The summed E-state index contributed by atoms with van der Waals surface area (Å²) in [6.45, 7) is -0.0908. The zero-order valence-electron chi connectivity index (χ0n) is 7.99. The maximum atomic E-state index is 12.5. The molecule has 1 aromatic rings. The molecule has 0 saturated heterocycles. The highest BCUT2D eigenvalue weighted by Crippen LogP contribution is 2.48. The average molecular weight is 215 g/mol. The van der Waals surface area contributed by atoms with Gasteiger partial charge in [0, 0.05) is 18.7 Å². The Morgan fingerprint density at radius 3 is 2.73 bits per heavy atom. The van der Waals surface area contributed by atoms with E-state index in [1.807, 2.05) is 0 Å². The van der Waals surface area contributed by atoms with Gasteiger partial charge in [0.05, 0.1) is 19.1 Å². The maximum Gasteiger partial charge on any atom is 0.255 e. The maximum absolute atomic E-state index is 12.5. The average Bonchev–Trinajstić information content (AvgIpc) is 2.84. The summed E-state index contributed by atoms with van der Waals surface area (Å²) in [7, 11) is 0. The van der Waals surface area contributed by atoms with Crippen LogP contribution >= 0.6 is 0 Å². The molecule has 0 aromatic carbocycles. The number of aromatic nitrogens is 1. The first-order valence-electron chi connectivity index (χ1n) is 4.68. The van der Waals surface area contributed by atoms with Crippen LogP contribution in [0.3, 0.4) is 0 Å². The number of nitrogens with zero attached hydrogens (tertiary/aromatic N) is 1. The minimum Gasteiger partial charge on any atom is -0.477 e. The van der Waals surface area contributed by atoms with Gasteiger partial charge in [0.1, 0.15) is 0 Å². The summed E-state index contributed by atoms with van der Waals surface area (Å²) in [6.07, 6.45) is 1.36. The van der Waals surface area contributed by atoms with E-state index in [0.717, 1.165) is 0 Å². The van der Waals surface area contributed by atoms with E-state index in [4.69, 9.17) is 9.84 Å². The van der Waals surface area contributed by atoms with Crippen molar-refractivity contribution in [2.24, 2.45) is 5.92 Å². The highest BCUT2D eigenvalue weighted by Gasteiger charge is 2.57. The minimum atomic E-state index is -2.55. The largest absolute Gasteiger partial charge is 0.477 e. The number of halogens is 2. The van der Waals surface area contributed by atoms with E-state index < -0.39 is 11.8 Å². The molecule has 0 bridgehead atoms. The van der Waals surface area contributed by atoms with Crippen LogP contribution in [-0.4, -0.2) is 22.6 Å². The molecule has 5 heteroatoms. The smallest absolute Gasteiger partial charge is 0.255 e. The summed E-state index contributed by atoms with van der Waals surface area (Å²) in [4.78, 5) is 3.87. The first kappa shape index (κ1) is 10.3. The van der Waals surface area contributed by atoms with Crippen LogP contribution in [0.25, 0.3) is 0 Å². The van der Waals surface area contributed by atoms with Gasteiger partial charge in [-0.05, 0) is 11.6 Å². The number of alkyl halides is 2. The molecule has 0 amide bonds. The van der Waals surface area contributed by atoms with E-state index in [9.17, 15) is 8.78 Å². The first-order valence-corrected chi connectivity index (χ1v) is 4.68. The number of hydrogen-bond acceptors (Lipinski definition) is 3. The fourth-order valence-corrected chi connectivity index (χ4v) is 1.23. The van der Waals surface area contributed by atoms with Crippen molar-refractivity contribution in [3.63, 3.8) is 0 Å². The number of pyridine rings is 1. The molecule has 1 N–H and O–H groups in total. The van der Waals surface area contributed by atoms with Crippen LogP contribution in [0.1, 0.15) is 12.0 Å². The Balaban J connectivity index is 1.84. The highest BCUT2D eigenvalue weighted by molar-refractivity contribution is 5.17. The second-order valence-corrected chi connectivity index (χ2v) is 3.64. The SMILES string of the molecule is OCc1ccc(OC[C@H]2CC2(F)F)nc1. The predicted octanol–water partition coefficient (Wildman–Crippen LogP) is 1.61. The van der Waals surface area contributed by atoms with Gasteiger partial charge in [0.2, 0.25) is 5.88 Å². The zero-order chi connectivity index (χ0) is 10.9. The summed E-state index contributed by atoms with van der Waals surface area (Å²) in [6, 6.07) is 3.21. The number of hydrogen-bond donors (Lipinski definition) is 1. The van der Waals surface area contributed by atoms with Crippen molar-refractivity contribution in [1.82, 2.24) is 4.98 Å². The predicted molar refractivity (Wildman–Crippen MR) is 48.7 cm³/mol. The van der Waals surface area contributed by atoms with Gasteiger partial charge in [-0.3, -0.25) is 0 Å². The molecule has 0 spiro atoms. The van der Waals surface area contributed by atoms with Crippen LogP contribution in [0.2, 0.25) is 0 Å². The van der Waals surface area contributed by atoms with E-state index in [2.05, 4.69) is 4.98 Å². The number of rotatable bonds is 4. The lowest BCUT2D eigenvalue weighted by Gasteiger charge is -2.04. The van der Waals surface area contributed by atoms with Crippen LogP contribution in [0, 0.1) is 5.92 Å². The first-order chi connectivity index (χ1) is 7.12.